The number of ether oxygens (including phenoxy) is 3. The zero-order valence-electron chi connectivity index (χ0n) is 9.02. The zero-order chi connectivity index (χ0) is 12.1. The Labute approximate surface area is 93.2 Å². The first kappa shape index (κ1) is 13.8. The second-order valence-electron chi connectivity index (χ2n) is 3.56. The molecule has 1 aliphatic rings. The Morgan fingerprint density at radius 3 is 2.31 bits per heavy atom. The molecule has 0 saturated carbocycles. The van der Waals surface area contributed by atoms with Gasteiger partial charge in [0.2, 0.25) is 0 Å². The third-order valence-electron chi connectivity index (χ3n) is 2.42. The fourth-order valence-electron chi connectivity index (χ4n) is 1.45. The highest BCUT2D eigenvalue weighted by atomic mass is 16.7. The molecule has 0 aromatic rings. The predicted octanol–water partition coefficient (Wildman–Crippen LogP) is -2.55. The van der Waals surface area contributed by atoms with Crippen LogP contribution < -0.4 is 0 Å². The number of hydrogen-bond donors (Lipinski definition) is 4. The summed E-state index contributed by atoms with van der Waals surface area (Å²) >= 11 is 0. The van der Waals surface area contributed by atoms with Crippen molar-refractivity contribution in [3.63, 3.8) is 0 Å². The van der Waals surface area contributed by atoms with Crippen LogP contribution in [0.1, 0.15) is 0 Å². The zero-order valence-corrected chi connectivity index (χ0v) is 9.02. The SMILES string of the molecule is COCCO[C@@H]1O[C@H](CO)[C@H](O)[C@H](O)[C@H]1O. The number of aliphatic hydroxyl groups is 4. The van der Waals surface area contributed by atoms with E-state index in [-0.39, 0.29) is 6.61 Å². The normalized spacial score (nSPS) is 39.9. The Hall–Kier alpha value is -0.280. The topological polar surface area (TPSA) is 109 Å². The Morgan fingerprint density at radius 1 is 1.06 bits per heavy atom. The summed E-state index contributed by atoms with van der Waals surface area (Å²) in [6, 6.07) is 0. The maximum atomic E-state index is 9.54. The largest absolute Gasteiger partial charge is 0.394 e. The monoisotopic (exact) mass is 238 g/mol. The molecule has 7 nitrogen and oxygen atoms in total. The van der Waals surface area contributed by atoms with Gasteiger partial charge >= 0.3 is 0 Å². The summed E-state index contributed by atoms with van der Waals surface area (Å²) in [5, 5.41) is 37.3. The van der Waals surface area contributed by atoms with E-state index in [0.717, 1.165) is 0 Å². The smallest absolute Gasteiger partial charge is 0.186 e. The molecule has 1 saturated heterocycles. The maximum Gasteiger partial charge on any atom is 0.186 e. The first-order valence-corrected chi connectivity index (χ1v) is 5.03. The van der Waals surface area contributed by atoms with Gasteiger partial charge in [-0.3, -0.25) is 0 Å². The highest BCUT2D eigenvalue weighted by molar-refractivity contribution is 4.88. The molecule has 96 valence electrons. The van der Waals surface area contributed by atoms with E-state index in [1.165, 1.54) is 7.11 Å². The van der Waals surface area contributed by atoms with E-state index < -0.39 is 37.3 Å². The van der Waals surface area contributed by atoms with E-state index in [4.69, 9.17) is 19.3 Å². The van der Waals surface area contributed by atoms with Crippen molar-refractivity contribution in [3.8, 4) is 0 Å². The summed E-state index contributed by atoms with van der Waals surface area (Å²) in [4.78, 5) is 0. The van der Waals surface area contributed by atoms with E-state index in [1.807, 2.05) is 0 Å². The first-order chi connectivity index (χ1) is 7.61. The van der Waals surface area contributed by atoms with Crippen LogP contribution in [0.5, 0.6) is 0 Å². The third-order valence-corrected chi connectivity index (χ3v) is 2.42. The van der Waals surface area contributed by atoms with Crippen LogP contribution in [0.25, 0.3) is 0 Å². The van der Waals surface area contributed by atoms with E-state index in [1.54, 1.807) is 0 Å². The van der Waals surface area contributed by atoms with Crippen molar-refractivity contribution in [2.45, 2.75) is 30.7 Å². The third kappa shape index (κ3) is 3.11. The average Bonchev–Trinajstić information content (AvgIpc) is 2.29. The fraction of sp³-hybridized carbons (Fsp3) is 1.00. The van der Waals surface area contributed by atoms with Crippen LogP contribution in [-0.2, 0) is 14.2 Å². The van der Waals surface area contributed by atoms with E-state index in [2.05, 4.69) is 0 Å². The van der Waals surface area contributed by atoms with Gasteiger partial charge in [-0.05, 0) is 0 Å². The van der Waals surface area contributed by atoms with Crippen LogP contribution in [0.15, 0.2) is 0 Å². The molecule has 0 amide bonds. The van der Waals surface area contributed by atoms with E-state index >= 15 is 0 Å². The first-order valence-electron chi connectivity index (χ1n) is 5.03. The van der Waals surface area contributed by atoms with Gasteiger partial charge in [0.05, 0.1) is 19.8 Å². The summed E-state index contributed by atoms with van der Waals surface area (Å²) in [5.74, 6) is 0. The van der Waals surface area contributed by atoms with Crippen molar-refractivity contribution < 1.29 is 34.6 Å². The summed E-state index contributed by atoms with van der Waals surface area (Å²) in [6.45, 7) is 0.0310. The minimum Gasteiger partial charge on any atom is -0.394 e. The standard InChI is InChI=1S/C9H18O7/c1-14-2-3-15-9-8(13)7(12)6(11)5(4-10)16-9/h5-13H,2-4H2,1H3/t5-,6+,7+,8-,9-/m1/s1. The minimum atomic E-state index is -1.40. The Morgan fingerprint density at radius 2 is 1.75 bits per heavy atom. The molecule has 4 N–H and O–H groups in total. The molecule has 16 heavy (non-hydrogen) atoms. The highest BCUT2D eigenvalue weighted by Crippen LogP contribution is 2.21. The van der Waals surface area contributed by atoms with E-state index in [0.29, 0.717) is 6.61 Å². The van der Waals surface area contributed by atoms with Crippen molar-refractivity contribution in [1.82, 2.24) is 0 Å². The highest BCUT2D eigenvalue weighted by Gasteiger charge is 2.43. The quantitative estimate of drug-likeness (QED) is 0.390. The minimum absolute atomic E-state index is 0.180. The van der Waals surface area contributed by atoms with Gasteiger partial charge in [-0.2, -0.15) is 0 Å². The lowest BCUT2D eigenvalue weighted by molar-refractivity contribution is -0.302. The molecular weight excluding hydrogens is 220 g/mol. The molecule has 1 rings (SSSR count). The van der Waals surface area contributed by atoms with Crippen LogP contribution in [-0.4, -0.2) is 78.1 Å². The molecule has 0 spiro atoms. The van der Waals surface area contributed by atoms with Gasteiger partial charge in [0.25, 0.3) is 0 Å². The lowest BCUT2D eigenvalue weighted by Crippen LogP contribution is -2.59. The predicted molar refractivity (Wildman–Crippen MR) is 51.6 cm³/mol. The van der Waals surface area contributed by atoms with Crippen LogP contribution >= 0.6 is 0 Å². The molecule has 0 radical (unpaired) electrons. The van der Waals surface area contributed by atoms with Gasteiger partial charge < -0.3 is 34.6 Å². The van der Waals surface area contributed by atoms with Crippen molar-refractivity contribution in [2.24, 2.45) is 0 Å². The molecule has 1 aliphatic heterocycles. The molecule has 0 aliphatic carbocycles. The lowest BCUT2D eigenvalue weighted by atomic mass is 9.99. The van der Waals surface area contributed by atoms with Gasteiger partial charge in [-0.1, -0.05) is 0 Å². The Balaban J connectivity index is 2.50. The number of aliphatic hydroxyl groups excluding tert-OH is 4. The van der Waals surface area contributed by atoms with Crippen LogP contribution in [0.4, 0.5) is 0 Å². The van der Waals surface area contributed by atoms with E-state index in [9.17, 15) is 15.3 Å². The van der Waals surface area contributed by atoms with Crippen LogP contribution in [0.3, 0.4) is 0 Å². The average molecular weight is 238 g/mol. The van der Waals surface area contributed by atoms with Gasteiger partial charge in [0.1, 0.15) is 24.4 Å². The molecule has 0 bridgehead atoms. The molecule has 0 unspecified atom stereocenters. The number of hydrogen-bond acceptors (Lipinski definition) is 7. The molecular formula is C9H18O7. The summed E-state index contributed by atoms with van der Waals surface area (Å²) in [6.07, 6.45) is -6.13. The number of rotatable bonds is 5. The van der Waals surface area contributed by atoms with Crippen molar-refractivity contribution in [3.05, 3.63) is 0 Å². The summed E-state index contributed by atoms with van der Waals surface area (Å²) in [5.41, 5.74) is 0. The van der Waals surface area contributed by atoms with Gasteiger partial charge in [-0.15, -0.1) is 0 Å². The molecule has 5 atom stereocenters. The van der Waals surface area contributed by atoms with Gasteiger partial charge in [0, 0.05) is 7.11 Å². The summed E-state index contributed by atoms with van der Waals surface area (Å²) in [7, 11) is 1.50. The van der Waals surface area contributed by atoms with Crippen molar-refractivity contribution >= 4 is 0 Å². The molecule has 1 fully saturated rings. The maximum absolute atomic E-state index is 9.54. The Kier molecular flexibility index (Phi) is 5.56. The van der Waals surface area contributed by atoms with Crippen molar-refractivity contribution in [1.29, 1.82) is 0 Å². The summed E-state index contributed by atoms with van der Waals surface area (Å²) < 4.78 is 14.9. The van der Waals surface area contributed by atoms with Crippen LogP contribution in [0, 0.1) is 0 Å². The second kappa shape index (κ2) is 6.45. The molecule has 7 heteroatoms. The van der Waals surface area contributed by atoms with Crippen LogP contribution in [0.2, 0.25) is 0 Å². The fourth-order valence-corrected chi connectivity index (χ4v) is 1.45. The second-order valence-corrected chi connectivity index (χ2v) is 3.56. The van der Waals surface area contributed by atoms with Gasteiger partial charge in [0.15, 0.2) is 6.29 Å². The molecule has 1 heterocycles. The lowest BCUT2D eigenvalue weighted by Gasteiger charge is -2.39. The van der Waals surface area contributed by atoms with Crippen molar-refractivity contribution in [2.75, 3.05) is 26.9 Å². The molecule has 0 aromatic heterocycles. The molecule has 0 aromatic carbocycles. The van der Waals surface area contributed by atoms with Gasteiger partial charge in [-0.25, -0.2) is 0 Å². The Bertz CT molecular complexity index is 198. The number of methoxy groups -OCH3 is 1.